The van der Waals surface area contributed by atoms with Crippen LogP contribution in [-0.4, -0.2) is 0 Å². The highest BCUT2D eigenvalue weighted by molar-refractivity contribution is 8.06. The summed E-state index contributed by atoms with van der Waals surface area (Å²) in [5.74, 6) is 0. The molecule has 7 rings (SSSR count). The largest absolute Gasteiger partial charge is 0.276 e. The normalized spacial score (nSPS) is 18.6. The van der Waals surface area contributed by atoms with Crippen molar-refractivity contribution in [1.82, 2.24) is 0 Å². The van der Waals surface area contributed by atoms with Crippen molar-refractivity contribution in [2.24, 2.45) is 9.03 Å². The number of hydrogen-bond acceptors (Lipinski definition) is 9. The summed E-state index contributed by atoms with van der Waals surface area (Å²) in [6.45, 7) is 0. The van der Waals surface area contributed by atoms with Gasteiger partial charge in [0.1, 0.15) is 12.2 Å². The minimum absolute atomic E-state index is 1.02. The van der Waals surface area contributed by atoms with Crippen LogP contribution < -0.4 is 27.5 Å². The Labute approximate surface area is 235 Å². The minimum atomic E-state index is -2.39. The van der Waals surface area contributed by atoms with Gasteiger partial charge in [-0.2, -0.15) is 0 Å². The van der Waals surface area contributed by atoms with E-state index in [0.29, 0.717) is 0 Å². The zero-order valence-electron chi connectivity index (χ0n) is 18.5. The number of nitrogens with zero attached hydrogens (tertiary/aromatic N) is 3. The molecule has 180 valence electrons. The van der Waals surface area contributed by atoms with E-state index in [9.17, 15) is 0 Å². The SMILES string of the molecule is c1csc(N2P(c3cccs3)N=P(c3cccs3)(c3cccs3)N=P2(c2cccs2)c2cccs2)c1. The molecule has 0 saturated carbocycles. The maximum absolute atomic E-state index is 6.16. The second-order valence-corrected chi connectivity index (χ2v) is 22.8. The van der Waals surface area contributed by atoms with Gasteiger partial charge in [0.25, 0.3) is 0 Å². The van der Waals surface area contributed by atoms with Crippen molar-refractivity contribution in [3.63, 3.8) is 0 Å². The molecule has 0 amide bonds. The van der Waals surface area contributed by atoms with Gasteiger partial charge in [0.05, 0.1) is 23.1 Å². The van der Waals surface area contributed by atoms with E-state index in [-0.39, 0.29) is 0 Å². The number of hydrogen-bond donors (Lipinski definition) is 0. The van der Waals surface area contributed by atoms with Crippen LogP contribution in [0.15, 0.2) is 114 Å². The van der Waals surface area contributed by atoms with E-state index >= 15 is 0 Å². The molecule has 6 aromatic heterocycles. The first-order chi connectivity index (χ1) is 17.8. The van der Waals surface area contributed by atoms with Gasteiger partial charge in [-0.3, -0.25) is 4.44 Å². The molecule has 0 bridgehead atoms. The van der Waals surface area contributed by atoms with Crippen molar-refractivity contribution in [1.29, 1.82) is 0 Å². The lowest BCUT2D eigenvalue weighted by atomic mass is 10.6. The fraction of sp³-hybridized carbons (Fsp3) is 0. The van der Waals surface area contributed by atoms with Crippen LogP contribution in [-0.2, 0) is 0 Å². The van der Waals surface area contributed by atoms with Gasteiger partial charge >= 0.3 is 0 Å². The van der Waals surface area contributed by atoms with Crippen LogP contribution >= 0.6 is 90.7 Å². The Hall–Kier alpha value is -1.11. The quantitative estimate of drug-likeness (QED) is 0.168. The molecule has 7 heterocycles. The fourth-order valence-electron chi connectivity index (χ4n) is 4.12. The molecule has 0 radical (unpaired) electrons. The fourth-order valence-corrected chi connectivity index (χ4v) is 28.1. The van der Waals surface area contributed by atoms with Crippen molar-refractivity contribution >= 4 is 119 Å². The Balaban J connectivity index is 1.69. The summed E-state index contributed by atoms with van der Waals surface area (Å²) in [6.07, 6.45) is 0. The summed E-state index contributed by atoms with van der Waals surface area (Å²) in [5, 5.41) is 14.4. The average molecular weight is 634 g/mol. The molecule has 0 spiro atoms. The number of anilines is 1. The maximum atomic E-state index is 6.16. The second-order valence-electron chi connectivity index (χ2n) is 7.67. The summed E-state index contributed by atoms with van der Waals surface area (Å²) in [6, 6.07) is 26.7. The van der Waals surface area contributed by atoms with Gasteiger partial charge in [0.2, 0.25) is 0 Å². The van der Waals surface area contributed by atoms with E-state index < -0.39 is 22.6 Å². The van der Waals surface area contributed by atoms with Crippen LogP contribution in [0.1, 0.15) is 0 Å². The van der Waals surface area contributed by atoms with Gasteiger partial charge in [-0.05, 0) is 74.7 Å². The highest BCUT2D eigenvalue weighted by Gasteiger charge is 2.48. The number of rotatable bonds is 6. The highest BCUT2D eigenvalue weighted by atomic mass is 32.1. The third-order valence-corrected chi connectivity index (χ3v) is 25.2. The van der Waals surface area contributed by atoms with E-state index in [1.165, 1.54) is 28.1 Å². The molecule has 0 N–H and O–H groups in total. The van der Waals surface area contributed by atoms with Gasteiger partial charge in [-0.25, -0.2) is 9.03 Å². The van der Waals surface area contributed by atoms with E-state index in [1.807, 2.05) is 56.7 Å². The molecule has 1 aliphatic rings. The molecule has 1 unspecified atom stereocenters. The molecule has 0 saturated heterocycles. The van der Waals surface area contributed by atoms with Crippen molar-refractivity contribution in [3.8, 4) is 0 Å². The lowest BCUT2D eigenvalue weighted by Crippen LogP contribution is -2.31. The minimum Gasteiger partial charge on any atom is -0.276 e. The Bertz CT molecular complexity index is 1570. The second kappa shape index (κ2) is 9.89. The molecule has 0 aliphatic carbocycles. The Morgan fingerprint density at radius 2 is 1.06 bits per heavy atom. The predicted octanol–water partition coefficient (Wildman–Crippen LogP) is 9.05. The van der Waals surface area contributed by atoms with Crippen LogP contribution in [0.25, 0.3) is 0 Å². The lowest BCUT2D eigenvalue weighted by molar-refractivity contribution is 1.60. The molecular weight excluding hydrogens is 616 g/mol. The summed E-state index contributed by atoms with van der Waals surface area (Å²) < 4.78 is 21.4. The van der Waals surface area contributed by atoms with Crippen LogP contribution in [0.5, 0.6) is 0 Å². The standard InChI is InChI=1S/C24H18N3P3S6/c1-7-19(31-13-1)27-28(20-8-2-14-32-20)25-29(21-9-3-15-33-21,22-10-4-16-34-22)26-30(27,23-11-5-17-35-23)24-12-6-18-36-24/h1-18H. The molecule has 1 atom stereocenters. The molecule has 1 aliphatic heterocycles. The average Bonchev–Trinajstić information content (AvgIpc) is 3.79. The Kier molecular flexibility index (Phi) is 6.58. The predicted molar refractivity (Wildman–Crippen MR) is 172 cm³/mol. The van der Waals surface area contributed by atoms with Gasteiger partial charge in [0.15, 0.2) is 15.4 Å². The van der Waals surface area contributed by atoms with E-state index in [2.05, 4.69) is 110 Å². The third-order valence-electron chi connectivity index (χ3n) is 5.59. The topological polar surface area (TPSA) is 28.0 Å². The van der Waals surface area contributed by atoms with Crippen molar-refractivity contribution in [3.05, 3.63) is 105 Å². The first kappa shape index (κ1) is 24.0. The maximum Gasteiger partial charge on any atom is 0.166 e. The molecule has 0 aromatic carbocycles. The van der Waals surface area contributed by atoms with E-state index in [1.54, 1.807) is 11.3 Å². The summed E-state index contributed by atoms with van der Waals surface area (Å²) >= 11 is 10.9. The van der Waals surface area contributed by atoms with Crippen molar-refractivity contribution in [2.75, 3.05) is 4.44 Å². The van der Waals surface area contributed by atoms with Gasteiger partial charge in [-0.1, -0.05) is 30.3 Å². The molecule has 36 heavy (non-hydrogen) atoms. The Morgan fingerprint density at radius 1 is 0.556 bits per heavy atom. The Morgan fingerprint density at radius 3 is 1.53 bits per heavy atom. The zero-order valence-corrected chi connectivity index (χ0v) is 26.1. The third kappa shape index (κ3) is 3.79. The first-order valence-corrected chi connectivity index (χ1v) is 20.8. The monoisotopic (exact) mass is 633 g/mol. The van der Waals surface area contributed by atoms with Crippen LogP contribution in [0.4, 0.5) is 5.00 Å². The van der Waals surface area contributed by atoms with Gasteiger partial charge < -0.3 is 0 Å². The van der Waals surface area contributed by atoms with E-state index in [0.717, 1.165) is 0 Å². The first-order valence-electron chi connectivity index (χ1n) is 10.9. The van der Waals surface area contributed by atoms with Gasteiger partial charge in [-0.15, -0.1) is 68.0 Å². The molecular formula is C24H18N3P3S6. The summed E-state index contributed by atoms with van der Waals surface area (Å²) in [4.78, 5) is 0. The smallest absolute Gasteiger partial charge is 0.166 e. The molecule has 12 heteroatoms. The van der Waals surface area contributed by atoms with Crippen LogP contribution in [0.3, 0.4) is 0 Å². The molecule has 3 nitrogen and oxygen atoms in total. The van der Waals surface area contributed by atoms with E-state index in [4.69, 9.17) is 9.03 Å². The molecule has 6 aromatic rings. The van der Waals surface area contributed by atoms with Crippen molar-refractivity contribution in [2.45, 2.75) is 0 Å². The summed E-state index contributed by atoms with van der Waals surface area (Å²) in [5.41, 5.74) is 0. The van der Waals surface area contributed by atoms with Gasteiger partial charge in [0, 0.05) is 0 Å². The van der Waals surface area contributed by atoms with Crippen LogP contribution in [0, 0.1) is 0 Å². The van der Waals surface area contributed by atoms with Crippen molar-refractivity contribution < 1.29 is 0 Å². The van der Waals surface area contributed by atoms with Crippen LogP contribution in [0.2, 0.25) is 0 Å². The zero-order chi connectivity index (χ0) is 24.0. The number of thiophene rings is 6. The summed E-state index contributed by atoms with van der Waals surface area (Å²) in [7, 11) is -5.80. The lowest BCUT2D eigenvalue weighted by Gasteiger charge is -2.44. The molecule has 0 fully saturated rings. The highest BCUT2D eigenvalue weighted by Crippen LogP contribution is 2.78.